The Kier molecular flexibility index (Phi) is 12.6. The molecule has 204 valence electrons. The Balaban J connectivity index is 1.39. The highest BCUT2D eigenvalue weighted by Crippen LogP contribution is 2.36. The lowest BCUT2D eigenvalue weighted by molar-refractivity contribution is 0.0637. The molecule has 4 heteroatoms. The maximum absolute atomic E-state index is 13.8. The minimum atomic E-state index is 0.318. The summed E-state index contributed by atoms with van der Waals surface area (Å²) in [5, 5.41) is 1.29. The first kappa shape index (κ1) is 28.1. The molecule has 0 unspecified atom stereocenters. The second kappa shape index (κ2) is 16.1. The topological polar surface area (TPSA) is 33.2 Å². The van der Waals surface area contributed by atoms with Crippen molar-refractivity contribution >= 4 is 17.2 Å². The maximum Gasteiger partial charge on any atom is 0.266 e. The zero-order valence-corrected chi connectivity index (χ0v) is 24.1. The number of rotatable bonds is 2. The third kappa shape index (κ3) is 8.84. The zero-order chi connectivity index (χ0) is 24.8. The van der Waals surface area contributed by atoms with Gasteiger partial charge in [-0.1, -0.05) is 128 Å². The Labute approximate surface area is 226 Å². The van der Waals surface area contributed by atoms with Crippen molar-refractivity contribution in [1.29, 1.82) is 0 Å². The van der Waals surface area contributed by atoms with Crippen molar-refractivity contribution in [2.24, 2.45) is 0 Å². The average Bonchev–Trinajstić information content (AvgIpc) is 3.33. The van der Waals surface area contributed by atoms with Crippen LogP contribution in [-0.4, -0.2) is 28.4 Å². The quantitative estimate of drug-likeness (QED) is 0.393. The Bertz CT molecular complexity index is 731. The number of aromatic nitrogens is 1. The van der Waals surface area contributed by atoms with Crippen LogP contribution < -0.4 is 0 Å². The van der Waals surface area contributed by atoms with Crippen LogP contribution in [0.2, 0.25) is 0 Å². The molecule has 2 aliphatic carbocycles. The number of carbonyl (C=O) groups is 1. The number of carbonyl (C=O) groups excluding carboxylic acids is 1. The van der Waals surface area contributed by atoms with Crippen LogP contribution in [0.25, 0.3) is 0 Å². The lowest BCUT2D eigenvalue weighted by Crippen LogP contribution is -2.44. The molecule has 3 aliphatic rings. The third-order valence-corrected chi connectivity index (χ3v) is 10.5. The molecule has 2 fully saturated rings. The number of amides is 1. The molecule has 4 rings (SSSR count). The van der Waals surface area contributed by atoms with Gasteiger partial charge in [-0.15, -0.1) is 11.3 Å². The predicted octanol–water partition coefficient (Wildman–Crippen LogP) is 9.98. The molecule has 36 heavy (non-hydrogen) atoms. The van der Waals surface area contributed by atoms with Gasteiger partial charge in [0, 0.05) is 24.9 Å². The smallest absolute Gasteiger partial charge is 0.266 e. The molecular formula is C32H54N2OS. The number of thiazole rings is 1. The van der Waals surface area contributed by atoms with Gasteiger partial charge < -0.3 is 4.90 Å². The van der Waals surface area contributed by atoms with Crippen molar-refractivity contribution in [1.82, 2.24) is 9.88 Å². The Morgan fingerprint density at radius 2 is 1.00 bits per heavy atom. The Morgan fingerprint density at radius 1 is 0.583 bits per heavy atom. The van der Waals surface area contributed by atoms with E-state index in [9.17, 15) is 4.79 Å². The molecule has 1 aromatic rings. The molecule has 1 aromatic heterocycles. The third-order valence-electron chi connectivity index (χ3n) is 9.23. The van der Waals surface area contributed by atoms with Gasteiger partial charge in [0.15, 0.2) is 0 Å². The SMILES string of the molecule is O=C1c2sc(C3CCCCCCCCCCCC3)nc2CCN1C1CCCCCCCCCCCC1. The zero-order valence-electron chi connectivity index (χ0n) is 23.3. The average molecular weight is 515 g/mol. The van der Waals surface area contributed by atoms with Crippen molar-refractivity contribution in [3.05, 3.63) is 15.6 Å². The number of nitrogens with zero attached hydrogens (tertiary/aromatic N) is 2. The van der Waals surface area contributed by atoms with Crippen molar-refractivity contribution in [3.63, 3.8) is 0 Å². The van der Waals surface area contributed by atoms with Crippen LogP contribution in [0, 0.1) is 0 Å². The van der Waals surface area contributed by atoms with Gasteiger partial charge >= 0.3 is 0 Å². The van der Waals surface area contributed by atoms with Crippen LogP contribution in [0.5, 0.6) is 0 Å². The molecule has 2 heterocycles. The summed E-state index contributed by atoms with van der Waals surface area (Å²) in [6.07, 6.45) is 33.5. The summed E-state index contributed by atoms with van der Waals surface area (Å²) in [6, 6.07) is 0.447. The second-order valence-corrected chi connectivity index (χ2v) is 13.2. The summed E-state index contributed by atoms with van der Waals surface area (Å²) in [5.41, 5.74) is 1.13. The van der Waals surface area contributed by atoms with Gasteiger partial charge in [-0.25, -0.2) is 4.98 Å². The van der Waals surface area contributed by atoms with Gasteiger partial charge in [-0.2, -0.15) is 0 Å². The van der Waals surface area contributed by atoms with Gasteiger partial charge in [0.1, 0.15) is 4.88 Å². The van der Waals surface area contributed by atoms with Crippen molar-refractivity contribution in [2.75, 3.05) is 6.54 Å². The molecule has 2 saturated carbocycles. The van der Waals surface area contributed by atoms with E-state index in [2.05, 4.69) is 4.90 Å². The number of fused-ring (bicyclic) bond motifs is 1. The molecule has 0 atom stereocenters. The standard InChI is InChI=1S/C32H54N2OS/c35-32-30-29(25-26-34(32)28-23-19-15-11-7-3-4-8-12-16-20-24-28)33-31(36-30)27-21-17-13-9-5-1-2-6-10-14-18-22-27/h27-28H,1-26H2. The van der Waals surface area contributed by atoms with E-state index < -0.39 is 0 Å². The van der Waals surface area contributed by atoms with Gasteiger partial charge in [0.05, 0.1) is 10.7 Å². The van der Waals surface area contributed by atoms with E-state index in [0.29, 0.717) is 17.9 Å². The van der Waals surface area contributed by atoms with Crippen molar-refractivity contribution < 1.29 is 4.79 Å². The van der Waals surface area contributed by atoms with Crippen molar-refractivity contribution in [3.8, 4) is 0 Å². The molecule has 0 radical (unpaired) electrons. The molecule has 3 nitrogen and oxygen atoms in total. The second-order valence-electron chi connectivity index (χ2n) is 12.2. The van der Waals surface area contributed by atoms with Gasteiger partial charge in [0.2, 0.25) is 0 Å². The fraction of sp³-hybridized carbons (Fsp3) is 0.875. The van der Waals surface area contributed by atoms with Gasteiger partial charge in [-0.05, 0) is 25.7 Å². The summed E-state index contributed by atoms with van der Waals surface area (Å²) in [5.74, 6) is 0.895. The Morgan fingerprint density at radius 3 is 1.47 bits per heavy atom. The van der Waals surface area contributed by atoms with Crippen LogP contribution in [0.1, 0.15) is 180 Å². The molecule has 0 saturated heterocycles. The van der Waals surface area contributed by atoms with Gasteiger partial charge in [-0.3, -0.25) is 4.79 Å². The fourth-order valence-electron chi connectivity index (χ4n) is 6.91. The van der Waals surface area contributed by atoms with E-state index in [0.717, 1.165) is 23.5 Å². The lowest BCUT2D eigenvalue weighted by Gasteiger charge is -2.34. The maximum atomic E-state index is 13.8. The summed E-state index contributed by atoms with van der Waals surface area (Å²) in [6.45, 7) is 0.893. The van der Waals surface area contributed by atoms with E-state index >= 15 is 0 Å². The first-order valence-corrected chi connectivity index (χ1v) is 16.9. The fourth-order valence-corrected chi connectivity index (χ4v) is 8.14. The number of hydrogen-bond donors (Lipinski definition) is 0. The minimum Gasteiger partial charge on any atom is -0.335 e. The summed E-state index contributed by atoms with van der Waals surface area (Å²) in [7, 11) is 0. The van der Waals surface area contributed by atoms with Crippen LogP contribution in [0.4, 0.5) is 0 Å². The van der Waals surface area contributed by atoms with Crippen LogP contribution in [0.3, 0.4) is 0 Å². The van der Waals surface area contributed by atoms with E-state index in [1.807, 2.05) is 0 Å². The van der Waals surface area contributed by atoms with E-state index in [1.54, 1.807) is 11.3 Å². The van der Waals surface area contributed by atoms with Crippen LogP contribution >= 0.6 is 11.3 Å². The van der Waals surface area contributed by atoms with Crippen LogP contribution in [0.15, 0.2) is 0 Å². The van der Waals surface area contributed by atoms with Crippen molar-refractivity contribution in [2.45, 2.75) is 172 Å². The largest absolute Gasteiger partial charge is 0.335 e. The molecule has 0 aromatic carbocycles. The highest BCUT2D eigenvalue weighted by molar-refractivity contribution is 7.13. The monoisotopic (exact) mass is 514 g/mol. The highest BCUT2D eigenvalue weighted by Gasteiger charge is 2.33. The highest BCUT2D eigenvalue weighted by atomic mass is 32.1. The van der Waals surface area contributed by atoms with Crippen LogP contribution in [-0.2, 0) is 6.42 Å². The summed E-state index contributed by atoms with van der Waals surface area (Å²) >= 11 is 1.78. The van der Waals surface area contributed by atoms with E-state index in [1.165, 1.54) is 159 Å². The molecule has 0 N–H and O–H groups in total. The predicted molar refractivity (Wildman–Crippen MR) is 154 cm³/mol. The molecular weight excluding hydrogens is 460 g/mol. The van der Waals surface area contributed by atoms with E-state index in [4.69, 9.17) is 4.98 Å². The Hall–Kier alpha value is -0.900. The van der Waals surface area contributed by atoms with Gasteiger partial charge in [0.25, 0.3) is 5.91 Å². The normalized spacial score (nSPS) is 24.3. The summed E-state index contributed by atoms with van der Waals surface area (Å²) < 4.78 is 0. The minimum absolute atomic E-state index is 0.318. The first-order valence-electron chi connectivity index (χ1n) is 16.1. The summed E-state index contributed by atoms with van der Waals surface area (Å²) in [4.78, 5) is 22.2. The lowest BCUT2D eigenvalue weighted by atomic mass is 9.95. The molecule has 0 spiro atoms. The number of hydrogen-bond acceptors (Lipinski definition) is 3. The van der Waals surface area contributed by atoms with E-state index in [-0.39, 0.29) is 0 Å². The molecule has 1 aliphatic heterocycles. The molecule has 0 bridgehead atoms. The molecule has 1 amide bonds. The first-order chi connectivity index (χ1) is 17.8.